The Hall–Kier alpha value is -1.81. The van der Waals surface area contributed by atoms with Crippen molar-refractivity contribution in [3.05, 3.63) is 29.3 Å². The van der Waals surface area contributed by atoms with E-state index in [2.05, 4.69) is 5.10 Å². The molecule has 0 saturated heterocycles. The normalized spacial score (nSPS) is 14.6. The number of benzene rings is 1. The fraction of sp³-hybridized carbons (Fsp3) is 0.182. The van der Waals surface area contributed by atoms with Gasteiger partial charge < -0.3 is 5.11 Å². The lowest BCUT2D eigenvalue weighted by atomic mass is 10.1. The summed E-state index contributed by atoms with van der Waals surface area (Å²) >= 11 is 0. The molecule has 0 amide bonds. The van der Waals surface area contributed by atoms with Crippen LogP contribution in [0.25, 0.3) is 6.08 Å². The summed E-state index contributed by atoms with van der Waals surface area (Å²) in [5.41, 5.74) is 2.71. The number of nitrogens with zero attached hydrogens (tertiary/aromatic N) is 2. The number of anilines is 1. The molecule has 1 aromatic rings. The molecule has 0 saturated carbocycles. The largest absolute Gasteiger partial charge is 0.508 e. The quantitative estimate of drug-likeness (QED) is 0.681. The van der Waals surface area contributed by atoms with Gasteiger partial charge in [0.15, 0.2) is 0 Å². The van der Waals surface area contributed by atoms with Crippen molar-refractivity contribution >= 4 is 17.5 Å². The minimum Gasteiger partial charge on any atom is -0.508 e. The van der Waals surface area contributed by atoms with Crippen molar-refractivity contribution in [3.8, 4) is 5.75 Å². The number of phenols is 1. The number of aryl methyl sites for hydroxylation is 1. The van der Waals surface area contributed by atoms with Crippen molar-refractivity contribution in [1.29, 1.82) is 0 Å². The molecule has 0 atom stereocenters. The third-order valence-corrected chi connectivity index (χ3v) is 2.32. The molecule has 1 heterocycles. The SMILES string of the molecule is CC1=NN(O)c2cc(C)c(O)cc2C=C1. The Kier molecular flexibility index (Phi) is 2.21. The van der Waals surface area contributed by atoms with E-state index in [1.165, 1.54) is 0 Å². The van der Waals surface area contributed by atoms with Crippen LogP contribution in [0.2, 0.25) is 0 Å². The van der Waals surface area contributed by atoms with Crippen LogP contribution in [0.4, 0.5) is 5.69 Å². The number of phenolic OH excluding ortho intramolecular Hbond substituents is 1. The van der Waals surface area contributed by atoms with Crippen LogP contribution in [0.3, 0.4) is 0 Å². The minimum atomic E-state index is 0.214. The van der Waals surface area contributed by atoms with Gasteiger partial charge >= 0.3 is 0 Å². The molecule has 4 nitrogen and oxygen atoms in total. The summed E-state index contributed by atoms with van der Waals surface area (Å²) in [5.74, 6) is 0.214. The van der Waals surface area contributed by atoms with E-state index in [1.807, 2.05) is 6.08 Å². The van der Waals surface area contributed by atoms with Crippen molar-refractivity contribution < 1.29 is 10.3 Å². The van der Waals surface area contributed by atoms with Crippen LogP contribution in [0.5, 0.6) is 5.75 Å². The predicted octanol–water partition coefficient (Wildman–Crippen LogP) is 2.30. The third kappa shape index (κ3) is 1.71. The van der Waals surface area contributed by atoms with Crippen molar-refractivity contribution in [2.24, 2.45) is 5.10 Å². The highest BCUT2D eigenvalue weighted by Gasteiger charge is 2.12. The van der Waals surface area contributed by atoms with Gasteiger partial charge in [0.2, 0.25) is 0 Å². The zero-order valence-electron chi connectivity index (χ0n) is 8.60. The van der Waals surface area contributed by atoms with Gasteiger partial charge in [-0.15, -0.1) is 5.17 Å². The Bertz CT molecular complexity index is 464. The molecule has 2 rings (SSSR count). The minimum absolute atomic E-state index is 0.214. The molecule has 1 aromatic carbocycles. The molecule has 0 aliphatic carbocycles. The number of fused-ring (bicyclic) bond motifs is 1. The summed E-state index contributed by atoms with van der Waals surface area (Å²) in [5, 5.41) is 24.0. The van der Waals surface area contributed by atoms with E-state index in [-0.39, 0.29) is 5.75 Å². The summed E-state index contributed by atoms with van der Waals surface area (Å²) in [4.78, 5) is 0. The Morgan fingerprint density at radius 3 is 2.67 bits per heavy atom. The van der Waals surface area contributed by atoms with Crippen LogP contribution in [-0.2, 0) is 0 Å². The lowest BCUT2D eigenvalue weighted by Crippen LogP contribution is -2.11. The molecule has 1 aliphatic rings. The first-order valence-electron chi connectivity index (χ1n) is 4.64. The van der Waals surface area contributed by atoms with Gasteiger partial charge in [-0.05, 0) is 37.6 Å². The number of hydrogen-bond donors (Lipinski definition) is 2. The highest BCUT2D eigenvalue weighted by atomic mass is 16.5. The van der Waals surface area contributed by atoms with Gasteiger partial charge in [0.25, 0.3) is 0 Å². The number of aromatic hydroxyl groups is 1. The standard InChI is InChI=1S/C11H12N2O2/c1-7-5-10-9(6-11(7)14)4-3-8(2)12-13(10)15/h3-6,14-15H,1-2H3. The average molecular weight is 204 g/mol. The number of hydrazone groups is 1. The van der Waals surface area contributed by atoms with Gasteiger partial charge in [0, 0.05) is 5.56 Å². The van der Waals surface area contributed by atoms with Crippen LogP contribution in [-0.4, -0.2) is 16.0 Å². The van der Waals surface area contributed by atoms with Gasteiger partial charge in [-0.25, -0.2) is 0 Å². The lowest BCUT2D eigenvalue weighted by molar-refractivity contribution is 0.260. The van der Waals surface area contributed by atoms with Crippen LogP contribution >= 0.6 is 0 Å². The Morgan fingerprint density at radius 2 is 1.93 bits per heavy atom. The summed E-state index contributed by atoms with van der Waals surface area (Å²) in [6.07, 6.45) is 3.59. The maximum Gasteiger partial charge on any atom is 0.119 e. The van der Waals surface area contributed by atoms with Crippen LogP contribution in [0.15, 0.2) is 23.3 Å². The van der Waals surface area contributed by atoms with E-state index in [4.69, 9.17) is 0 Å². The summed E-state index contributed by atoms with van der Waals surface area (Å²) in [6, 6.07) is 3.30. The Balaban J connectivity index is 2.61. The summed E-state index contributed by atoms with van der Waals surface area (Å²) < 4.78 is 0. The summed E-state index contributed by atoms with van der Waals surface area (Å²) in [7, 11) is 0. The molecular formula is C11H12N2O2. The molecule has 4 heteroatoms. The molecule has 1 aliphatic heterocycles. The van der Waals surface area contributed by atoms with Crippen LogP contribution in [0, 0.1) is 6.92 Å². The first-order chi connectivity index (χ1) is 7.08. The lowest BCUT2D eigenvalue weighted by Gasteiger charge is -2.13. The molecule has 15 heavy (non-hydrogen) atoms. The highest BCUT2D eigenvalue weighted by molar-refractivity contribution is 5.98. The van der Waals surface area contributed by atoms with Gasteiger partial charge in [-0.2, -0.15) is 5.10 Å². The second-order valence-electron chi connectivity index (χ2n) is 3.56. The fourth-order valence-electron chi connectivity index (χ4n) is 1.45. The van der Waals surface area contributed by atoms with Gasteiger partial charge in [0.05, 0.1) is 11.4 Å². The van der Waals surface area contributed by atoms with Gasteiger partial charge in [-0.3, -0.25) is 5.21 Å². The third-order valence-electron chi connectivity index (χ3n) is 2.32. The van der Waals surface area contributed by atoms with Crippen molar-refractivity contribution in [1.82, 2.24) is 0 Å². The number of rotatable bonds is 0. The molecular weight excluding hydrogens is 192 g/mol. The zero-order chi connectivity index (χ0) is 11.0. The molecule has 2 N–H and O–H groups in total. The second kappa shape index (κ2) is 3.40. The maximum absolute atomic E-state index is 9.65. The molecule has 0 unspecified atom stereocenters. The molecule has 0 bridgehead atoms. The monoisotopic (exact) mass is 204 g/mol. The highest BCUT2D eigenvalue weighted by Crippen LogP contribution is 2.30. The Labute approximate surface area is 87.7 Å². The van der Waals surface area contributed by atoms with Crippen LogP contribution in [0.1, 0.15) is 18.1 Å². The second-order valence-corrected chi connectivity index (χ2v) is 3.56. The molecule has 78 valence electrons. The topological polar surface area (TPSA) is 56.1 Å². The van der Waals surface area contributed by atoms with E-state index in [1.54, 1.807) is 32.1 Å². The maximum atomic E-state index is 9.65. The molecule has 0 fully saturated rings. The molecule has 0 spiro atoms. The van der Waals surface area contributed by atoms with Gasteiger partial charge in [-0.1, -0.05) is 6.08 Å². The van der Waals surface area contributed by atoms with Gasteiger partial charge in [0.1, 0.15) is 5.75 Å². The van der Waals surface area contributed by atoms with E-state index in [9.17, 15) is 10.3 Å². The van der Waals surface area contributed by atoms with E-state index in [0.717, 1.165) is 10.7 Å². The fourth-order valence-corrected chi connectivity index (χ4v) is 1.45. The Morgan fingerprint density at radius 1 is 1.20 bits per heavy atom. The predicted molar refractivity (Wildman–Crippen MR) is 59.3 cm³/mol. The van der Waals surface area contributed by atoms with E-state index < -0.39 is 0 Å². The van der Waals surface area contributed by atoms with Crippen molar-refractivity contribution in [2.45, 2.75) is 13.8 Å². The smallest absolute Gasteiger partial charge is 0.119 e. The first kappa shape index (κ1) is 9.73. The number of allylic oxidation sites excluding steroid dienone is 1. The summed E-state index contributed by atoms with van der Waals surface area (Å²) in [6.45, 7) is 3.56. The molecule has 0 aromatic heterocycles. The first-order valence-corrected chi connectivity index (χ1v) is 4.64. The zero-order valence-corrected chi connectivity index (χ0v) is 8.60. The van der Waals surface area contributed by atoms with Crippen LogP contribution < -0.4 is 5.17 Å². The van der Waals surface area contributed by atoms with Crippen molar-refractivity contribution in [3.63, 3.8) is 0 Å². The van der Waals surface area contributed by atoms with E-state index >= 15 is 0 Å². The average Bonchev–Trinajstić information content (AvgIpc) is 2.30. The number of hydrogen-bond acceptors (Lipinski definition) is 4. The molecule has 0 radical (unpaired) electrons. The van der Waals surface area contributed by atoms with Crippen molar-refractivity contribution in [2.75, 3.05) is 5.17 Å². The van der Waals surface area contributed by atoms with E-state index in [0.29, 0.717) is 17.0 Å².